The monoisotopic (exact) mass is 254 g/mol. The Morgan fingerprint density at radius 1 is 1.39 bits per heavy atom. The highest BCUT2D eigenvalue weighted by atomic mass is 16.5. The van der Waals surface area contributed by atoms with Gasteiger partial charge in [0.15, 0.2) is 0 Å². The number of carbonyl (C=O) groups is 1. The van der Waals surface area contributed by atoms with Crippen LogP contribution in [0.3, 0.4) is 0 Å². The summed E-state index contributed by atoms with van der Waals surface area (Å²) in [7, 11) is 1.48. The highest BCUT2D eigenvalue weighted by molar-refractivity contribution is 5.75. The zero-order valence-corrected chi connectivity index (χ0v) is 11.8. The number of piperidine rings is 1. The summed E-state index contributed by atoms with van der Waals surface area (Å²) in [6, 6.07) is 1.68. The van der Waals surface area contributed by atoms with E-state index in [0.29, 0.717) is 18.1 Å². The molecule has 4 heteroatoms. The van der Waals surface area contributed by atoms with E-state index in [1.54, 1.807) is 0 Å². The summed E-state index contributed by atoms with van der Waals surface area (Å²) < 4.78 is 4.89. The number of esters is 1. The Balaban J connectivity index is 1.95. The van der Waals surface area contributed by atoms with Crippen molar-refractivity contribution in [2.24, 2.45) is 0 Å². The zero-order valence-electron chi connectivity index (χ0n) is 11.8. The van der Waals surface area contributed by atoms with Crippen molar-refractivity contribution >= 4 is 5.97 Å². The second-order valence-electron chi connectivity index (χ2n) is 5.65. The molecule has 1 N–H and O–H groups in total. The topological polar surface area (TPSA) is 41.6 Å². The molecule has 0 aliphatic carbocycles. The standard InChI is InChI=1S/C14H26N2O2/c1-4-7-15-11-8-12-5-6-13(9-11)16(12)10(2)14(17)18-3/h10-13,15H,4-9H2,1-3H3. The van der Waals surface area contributed by atoms with Crippen molar-refractivity contribution in [3.8, 4) is 0 Å². The van der Waals surface area contributed by atoms with E-state index >= 15 is 0 Å². The van der Waals surface area contributed by atoms with Gasteiger partial charge in [0, 0.05) is 18.1 Å². The number of carbonyl (C=O) groups excluding carboxylic acids is 1. The second kappa shape index (κ2) is 6.02. The highest BCUT2D eigenvalue weighted by Crippen LogP contribution is 2.37. The molecule has 104 valence electrons. The van der Waals surface area contributed by atoms with Gasteiger partial charge in [-0.3, -0.25) is 9.69 Å². The van der Waals surface area contributed by atoms with E-state index in [1.807, 2.05) is 6.92 Å². The summed E-state index contributed by atoms with van der Waals surface area (Å²) in [5.41, 5.74) is 0. The lowest BCUT2D eigenvalue weighted by Gasteiger charge is -2.41. The van der Waals surface area contributed by atoms with Gasteiger partial charge in [0.25, 0.3) is 0 Å². The second-order valence-corrected chi connectivity index (χ2v) is 5.65. The quantitative estimate of drug-likeness (QED) is 0.756. The fourth-order valence-electron chi connectivity index (χ4n) is 3.65. The maximum absolute atomic E-state index is 11.7. The number of methoxy groups -OCH3 is 1. The third-order valence-electron chi connectivity index (χ3n) is 4.46. The van der Waals surface area contributed by atoms with Crippen LogP contribution >= 0.6 is 0 Å². The van der Waals surface area contributed by atoms with E-state index in [2.05, 4.69) is 17.1 Å². The Morgan fingerprint density at radius 3 is 2.50 bits per heavy atom. The van der Waals surface area contributed by atoms with Gasteiger partial charge in [0.05, 0.1) is 7.11 Å². The molecule has 3 atom stereocenters. The molecule has 3 unspecified atom stereocenters. The van der Waals surface area contributed by atoms with E-state index in [-0.39, 0.29) is 12.0 Å². The normalized spacial score (nSPS) is 33.4. The molecule has 0 aromatic heterocycles. The Hall–Kier alpha value is -0.610. The van der Waals surface area contributed by atoms with Crippen molar-refractivity contribution < 1.29 is 9.53 Å². The molecule has 0 spiro atoms. The van der Waals surface area contributed by atoms with Gasteiger partial charge in [-0.2, -0.15) is 0 Å². The van der Waals surface area contributed by atoms with Crippen LogP contribution in [0.1, 0.15) is 46.0 Å². The average Bonchev–Trinajstić information content (AvgIpc) is 2.65. The molecule has 2 aliphatic rings. The van der Waals surface area contributed by atoms with E-state index in [1.165, 1.54) is 39.2 Å². The lowest BCUT2D eigenvalue weighted by Crippen LogP contribution is -2.54. The van der Waals surface area contributed by atoms with Gasteiger partial charge in [-0.15, -0.1) is 0 Å². The van der Waals surface area contributed by atoms with Crippen LogP contribution in [0.15, 0.2) is 0 Å². The van der Waals surface area contributed by atoms with Crippen molar-refractivity contribution in [1.29, 1.82) is 0 Å². The SMILES string of the molecule is CCCNC1CC2CCC(C1)N2C(C)C(=O)OC. The van der Waals surface area contributed by atoms with E-state index in [9.17, 15) is 4.79 Å². The van der Waals surface area contributed by atoms with Crippen LogP contribution in [-0.2, 0) is 9.53 Å². The summed E-state index contributed by atoms with van der Waals surface area (Å²) in [4.78, 5) is 14.1. The molecule has 0 radical (unpaired) electrons. The minimum absolute atomic E-state index is 0.0837. The summed E-state index contributed by atoms with van der Waals surface area (Å²) in [6.07, 6.45) is 6.01. The molecule has 4 nitrogen and oxygen atoms in total. The summed E-state index contributed by atoms with van der Waals surface area (Å²) in [5.74, 6) is -0.0909. The molecular weight excluding hydrogens is 228 g/mol. The minimum Gasteiger partial charge on any atom is -0.468 e. The van der Waals surface area contributed by atoms with Crippen LogP contribution in [0.25, 0.3) is 0 Å². The van der Waals surface area contributed by atoms with Gasteiger partial charge in [-0.1, -0.05) is 6.92 Å². The summed E-state index contributed by atoms with van der Waals surface area (Å²) in [5, 5.41) is 3.63. The van der Waals surface area contributed by atoms with Gasteiger partial charge >= 0.3 is 5.97 Å². The largest absolute Gasteiger partial charge is 0.468 e. The van der Waals surface area contributed by atoms with Crippen molar-refractivity contribution in [3.05, 3.63) is 0 Å². The lowest BCUT2D eigenvalue weighted by atomic mass is 9.95. The molecule has 0 aromatic rings. The smallest absolute Gasteiger partial charge is 0.322 e. The van der Waals surface area contributed by atoms with Crippen molar-refractivity contribution in [2.45, 2.75) is 70.1 Å². The average molecular weight is 254 g/mol. The summed E-state index contributed by atoms with van der Waals surface area (Å²) >= 11 is 0. The molecule has 2 bridgehead atoms. The van der Waals surface area contributed by atoms with E-state index < -0.39 is 0 Å². The number of rotatable bonds is 5. The van der Waals surface area contributed by atoms with Crippen molar-refractivity contribution in [3.63, 3.8) is 0 Å². The fourth-order valence-corrected chi connectivity index (χ4v) is 3.65. The molecule has 0 saturated carbocycles. The van der Waals surface area contributed by atoms with E-state index in [0.717, 1.165) is 6.54 Å². The highest BCUT2D eigenvalue weighted by Gasteiger charge is 2.44. The Morgan fingerprint density at radius 2 is 2.00 bits per heavy atom. The summed E-state index contributed by atoms with van der Waals surface area (Å²) in [6.45, 7) is 5.30. The third-order valence-corrected chi connectivity index (χ3v) is 4.46. The van der Waals surface area contributed by atoms with Crippen LogP contribution < -0.4 is 5.32 Å². The van der Waals surface area contributed by atoms with Gasteiger partial charge in [0.1, 0.15) is 6.04 Å². The van der Waals surface area contributed by atoms with E-state index in [4.69, 9.17) is 4.74 Å². The van der Waals surface area contributed by atoms with Gasteiger partial charge in [0.2, 0.25) is 0 Å². The zero-order chi connectivity index (χ0) is 13.1. The van der Waals surface area contributed by atoms with Crippen LogP contribution in [0.2, 0.25) is 0 Å². The molecular formula is C14H26N2O2. The predicted octanol–water partition coefficient (Wildman–Crippen LogP) is 1.54. The Bertz CT molecular complexity index is 282. The van der Waals surface area contributed by atoms with Crippen LogP contribution in [0.5, 0.6) is 0 Å². The molecule has 0 aromatic carbocycles. The van der Waals surface area contributed by atoms with Crippen LogP contribution in [-0.4, -0.2) is 48.7 Å². The fraction of sp³-hybridized carbons (Fsp3) is 0.929. The van der Waals surface area contributed by atoms with Gasteiger partial charge in [-0.25, -0.2) is 0 Å². The first-order valence-corrected chi connectivity index (χ1v) is 7.26. The lowest BCUT2D eigenvalue weighted by molar-refractivity contribution is -0.148. The third kappa shape index (κ3) is 2.69. The molecule has 2 fully saturated rings. The molecule has 0 amide bonds. The number of nitrogens with one attached hydrogen (secondary N) is 1. The molecule has 18 heavy (non-hydrogen) atoms. The Labute approximate surface area is 110 Å². The predicted molar refractivity (Wildman–Crippen MR) is 71.4 cm³/mol. The van der Waals surface area contributed by atoms with Crippen LogP contribution in [0, 0.1) is 0 Å². The maximum atomic E-state index is 11.7. The maximum Gasteiger partial charge on any atom is 0.322 e. The van der Waals surface area contributed by atoms with Gasteiger partial charge < -0.3 is 10.1 Å². The number of hydrogen-bond donors (Lipinski definition) is 1. The number of ether oxygens (including phenoxy) is 1. The molecule has 2 saturated heterocycles. The first-order valence-electron chi connectivity index (χ1n) is 7.26. The molecule has 2 heterocycles. The number of fused-ring (bicyclic) bond motifs is 2. The number of nitrogens with zero attached hydrogens (tertiary/aromatic N) is 1. The first-order chi connectivity index (χ1) is 8.67. The Kier molecular flexibility index (Phi) is 4.62. The van der Waals surface area contributed by atoms with Crippen LogP contribution in [0.4, 0.5) is 0 Å². The molecule has 2 aliphatic heterocycles. The molecule has 2 rings (SSSR count). The van der Waals surface area contributed by atoms with Gasteiger partial charge in [-0.05, 0) is 45.6 Å². The van der Waals surface area contributed by atoms with Crippen molar-refractivity contribution in [2.75, 3.05) is 13.7 Å². The first kappa shape index (κ1) is 13.8. The minimum atomic E-state index is -0.0909. The number of hydrogen-bond acceptors (Lipinski definition) is 4. The van der Waals surface area contributed by atoms with Crippen molar-refractivity contribution in [1.82, 2.24) is 10.2 Å².